The van der Waals surface area contributed by atoms with Crippen LogP contribution in [0.25, 0.3) is 0 Å². The molecule has 2 saturated heterocycles. The van der Waals surface area contributed by atoms with Crippen molar-refractivity contribution in [2.45, 2.75) is 81.0 Å². The summed E-state index contributed by atoms with van der Waals surface area (Å²) >= 11 is 0. The van der Waals surface area contributed by atoms with Crippen LogP contribution in [0.1, 0.15) is 74.9 Å². The number of urea groups is 1. The summed E-state index contributed by atoms with van der Waals surface area (Å²) in [7, 11) is 0. The second kappa shape index (κ2) is 5.98. The molecule has 0 radical (unpaired) electrons. The zero-order chi connectivity index (χ0) is 21.9. The zero-order valence-corrected chi connectivity index (χ0v) is 18.0. The number of nitrogens with one attached hydrogen (secondary N) is 2. The molecule has 174 valence electrons. The third kappa shape index (κ3) is 2.86. The van der Waals surface area contributed by atoms with Gasteiger partial charge < -0.3 is 20.1 Å². The highest BCUT2D eigenvalue weighted by Crippen LogP contribution is 2.57. The fourth-order valence-electron chi connectivity index (χ4n) is 6.82. The maximum atomic E-state index is 13.1. The molecule has 2 aliphatic heterocycles. The number of aromatic amines is 1. The van der Waals surface area contributed by atoms with Crippen molar-refractivity contribution in [2.24, 2.45) is 10.8 Å². The molecule has 2 spiro atoms. The van der Waals surface area contributed by atoms with Gasteiger partial charge in [0.15, 0.2) is 0 Å². The summed E-state index contributed by atoms with van der Waals surface area (Å²) in [6, 6.07) is 0.0397. The first-order valence-electron chi connectivity index (χ1n) is 12.0. The standard InChI is InChI=1S/C22H29F3N6O/c23-22(24,25)21(3-4-21)27-15-7-20(8-15)11-31(12-20)18(32)30-9-19(10-30)5-14(6-19)17-26-16(28-29-17)13-1-2-13/h13-15,27H,1-12H2,(H,26,28,29). The van der Waals surface area contributed by atoms with E-state index in [-0.39, 0.29) is 35.7 Å². The minimum atomic E-state index is -4.15. The zero-order valence-electron chi connectivity index (χ0n) is 18.0. The Morgan fingerprint density at radius 3 is 1.94 bits per heavy atom. The lowest BCUT2D eigenvalue weighted by molar-refractivity contribution is -0.175. The third-order valence-electron chi connectivity index (χ3n) is 9.01. The van der Waals surface area contributed by atoms with Crippen LogP contribution in [-0.4, -0.2) is 74.9 Å². The number of likely N-dealkylation sites (tertiary alicyclic amines) is 2. The van der Waals surface area contributed by atoms with Gasteiger partial charge in [-0.25, -0.2) is 4.79 Å². The highest BCUT2D eigenvalue weighted by Gasteiger charge is 2.66. The molecule has 0 atom stereocenters. The Morgan fingerprint density at radius 2 is 1.44 bits per heavy atom. The Balaban J connectivity index is 0.853. The van der Waals surface area contributed by atoms with E-state index in [1.54, 1.807) is 0 Å². The van der Waals surface area contributed by atoms with Gasteiger partial charge in [0.2, 0.25) is 0 Å². The fraction of sp³-hybridized carbons (Fsp3) is 0.864. The largest absolute Gasteiger partial charge is 0.406 e. The molecule has 7 nitrogen and oxygen atoms in total. The van der Waals surface area contributed by atoms with Gasteiger partial charge in [0.25, 0.3) is 0 Å². The number of carbonyl (C=O) groups excluding carboxylic acids is 1. The number of carbonyl (C=O) groups is 1. The molecule has 1 aromatic heterocycles. The van der Waals surface area contributed by atoms with E-state index in [0.29, 0.717) is 24.9 Å². The van der Waals surface area contributed by atoms with Crippen molar-refractivity contribution in [3.8, 4) is 0 Å². The highest BCUT2D eigenvalue weighted by atomic mass is 19.4. The molecule has 3 heterocycles. The lowest BCUT2D eigenvalue weighted by atomic mass is 9.57. The van der Waals surface area contributed by atoms with Crippen LogP contribution in [0.4, 0.5) is 18.0 Å². The molecule has 6 fully saturated rings. The molecule has 4 aliphatic carbocycles. The number of rotatable bonds is 4. The van der Waals surface area contributed by atoms with Crippen LogP contribution >= 0.6 is 0 Å². The number of halogens is 3. The molecule has 10 heteroatoms. The number of alkyl halides is 3. The molecule has 0 aromatic carbocycles. The normalized spacial score (nSPS) is 30.0. The van der Waals surface area contributed by atoms with Gasteiger partial charge in [-0.05, 0) is 51.4 Å². The van der Waals surface area contributed by atoms with Crippen LogP contribution < -0.4 is 5.32 Å². The monoisotopic (exact) mass is 450 g/mol. The Morgan fingerprint density at radius 1 is 0.906 bits per heavy atom. The number of nitrogens with zero attached hydrogens (tertiary/aromatic N) is 4. The van der Waals surface area contributed by atoms with Crippen LogP contribution in [0.5, 0.6) is 0 Å². The van der Waals surface area contributed by atoms with Gasteiger partial charge in [-0.3, -0.25) is 0 Å². The van der Waals surface area contributed by atoms with E-state index in [1.165, 1.54) is 12.8 Å². The molecular formula is C22H29F3N6O. The van der Waals surface area contributed by atoms with Crippen LogP contribution in [0.15, 0.2) is 0 Å². The second-order valence-corrected chi connectivity index (χ2v) is 11.8. The first-order chi connectivity index (χ1) is 15.2. The second-order valence-electron chi connectivity index (χ2n) is 11.8. The van der Waals surface area contributed by atoms with Crippen molar-refractivity contribution in [3.05, 3.63) is 11.6 Å². The summed E-state index contributed by atoms with van der Waals surface area (Å²) in [6.07, 6.45) is 2.29. The maximum absolute atomic E-state index is 13.1. The van der Waals surface area contributed by atoms with E-state index >= 15 is 0 Å². The van der Waals surface area contributed by atoms with Crippen LogP contribution in [-0.2, 0) is 0 Å². The molecule has 32 heavy (non-hydrogen) atoms. The van der Waals surface area contributed by atoms with Crippen molar-refractivity contribution in [3.63, 3.8) is 0 Å². The van der Waals surface area contributed by atoms with Crippen molar-refractivity contribution in [1.82, 2.24) is 30.3 Å². The molecule has 7 rings (SSSR count). The topological polar surface area (TPSA) is 77.2 Å². The van der Waals surface area contributed by atoms with E-state index < -0.39 is 11.7 Å². The summed E-state index contributed by atoms with van der Waals surface area (Å²) in [6.45, 7) is 3.01. The third-order valence-corrected chi connectivity index (χ3v) is 9.01. The quantitative estimate of drug-likeness (QED) is 0.739. The number of hydrogen-bond acceptors (Lipinski definition) is 4. The molecule has 2 amide bonds. The molecule has 0 bridgehead atoms. The molecule has 0 unspecified atom stereocenters. The fourth-order valence-corrected chi connectivity index (χ4v) is 6.82. The summed E-state index contributed by atoms with van der Waals surface area (Å²) in [5.41, 5.74) is -1.34. The van der Waals surface area contributed by atoms with E-state index in [4.69, 9.17) is 0 Å². The van der Waals surface area contributed by atoms with Gasteiger partial charge in [0.05, 0.1) is 0 Å². The van der Waals surface area contributed by atoms with Crippen LogP contribution in [0, 0.1) is 10.8 Å². The van der Waals surface area contributed by atoms with Crippen molar-refractivity contribution < 1.29 is 18.0 Å². The van der Waals surface area contributed by atoms with Gasteiger partial charge in [0.1, 0.15) is 17.2 Å². The highest BCUT2D eigenvalue weighted by molar-refractivity contribution is 5.77. The van der Waals surface area contributed by atoms with Crippen LogP contribution in [0.2, 0.25) is 0 Å². The van der Waals surface area contributed by atoms with E-state index in [1.807, 2.05) is 9.80 Å². The van der Waals surface area contributed by atoms with Gasteiger partial charge in [-0.2, -0.15) is 13.2 Å². The lowest BCUT2D eigenvalue weighted by Crippen LogP contribution is -2.72. The summed E-state index contributed by atoms with van der Waals surface area (Å²) < 4.78 is 39.4. The van der Waals surface area contributed by atoms with Crippen LogP contribution in [0.3, 0.4) is 0 Å². The van der Waals surface area contributed by atoms with Gasteiger partial charge in [-0.1, -0.05) is 0 Å². The Labute approximate surface area is 184 Å². The van der Waals surface area contributed by atoms with E-state index in [9.17, 15) is 18.0 Å². The Kier molecular flexibility index (Phi) is 3.67. The average molecular weight is 451 g/mol. The van der Waals surface area contributed by atoms with Crippen molar-refractivity contribution >= 4 is 6.03 Å². The SMILES string of the molecule is O=C(N1CC2(CC(NC3(C(F)(F)F)CC3)C2)C1)N1CC2(CC(c3nnc(C4CC4)[nH]3)C2)C1. The van der Waals surface area contributed by atoms with E-state index in [2.05, 4.69) is 20.5 Å². The number of amides is 2. The first-order valence-corrected chi connectivity index (χ1v) is 12.0. The van der Waals surface area contributed by atoms with Gasteiger partial charge in [-0.15, -0.1) is 10.2 Å². The molecule has 4 saturated carbocycles. The van der Waals surface area contributed by atoms with Gasteiger partial charge >= 0.3 is 12.2 Å². The van der Waals surface area contributed by atoms with Gasteiger partial charge in [0, 0.05) is 54.9 Å². The van der Waals surface area contributed by atoms with Crippen molar-refractivity contribution in [2.75, 3.05) is 26.2 Å². The first kappa shape index (κ1) is 19.6. The molecule has 6 aliphatic rings. The van der Waals surface area contributed by atoms with E-state index in [0.717, 1.165) is 50.4 Å². The maximum Gasteiger partial charge on any atom is 0.406 e. The van der Waals surface area contributed by atoms with Crippen molar-refractivity contribution in [1.29, 1.82) is 0 Å². The summed E-state index contributed by atoms with van der Waals surface area (Å²) in [5, 5.41) is 11.5. The number of H-pyrrole nitrogens is 1. The number of hydrogen-bond donors (Lipinski definition) is 2. The summed E-state index contributed by atoms with van der Waals surface area (Å²) in [4.78, 5) is 20.0. The smallest absolute Gasteiger partial charge is 0.328 e. The lowest BCUT2D eigenvalue weighted by Gasteiger charge is -2.63. The minimum absolute atomic E-state index is 0.0463. The molecule has 1 aromatic rings. The summed E-state index contributed by atoms with van der Waals surface area (Å²) in [5.74, 6) is 3.07. The average Bonchev–Trinajstić information content (AvgIpc) is 3.52. The Bertz CT molecular complexity index is 939. The molecule has 2 N–H and O–H groups in total. The molecular weight excluding hydrogens is 421 g/mol. The predicted octanol–water partition coefficient (Wildman–Crippen LogP) is 3.13. The Hall–Kier alpha value is -1.84. The minimum Gasteiger partial charge on any atom is -0.328 e. The number of aromatic nitrogens is 3. The predicted molar refractivity (Wildman–Crippen MR) is 108 cm³/mol.